The summed E-state index contributed by atoms with van der Waals surface area (Å²) in [7, 11) is -3.59. The van der Waals surface area contributed by atoms with Crippen molar-refractivity contribution < 1.29 is 17.9 Å². The molecule has 27 heavy (non-hydrogen) atoms. The molecule has 1 N–H and O–H groups in total. The van der Waals surface area contributed by atoms with Gasteiger partial charge in [-0.2, -0.15) is 0 Å². The Labute approximate surface area is 161 Å². The number of para-hydroxylation sites is 2. The molecule has 0 aliphatic heterocycles. The number of ether oxygens (including phenoxy) is 1. The summed E-state index contributed by atoms with van der Waals surface area (Å²) in [6.07, 6.45) is 1.09. The number of carbonyl (C=O) groups is 1. The molecule has 146 valence electrons. The van der Waals surface area contributed by atoms with Gasteiger partial charge in [0.1, 0.15) is 18.9 Å². The molecular weight excluding hydrogens is 364 g/mol. The van der Waals surface area contributed by atoms with Gasteiger partial charge in [-0.25, -0.2) is 8.42 Å². The molecule has 0 saturated heterocycles. The molecule has 2 rings (SSSR count). The number of carbonyl (C=O) groups excluding carboxylic acids is 1. The first-order valence-electron chi connectivity index (χ1n) is 8.69. The first-order valence-corrected chi connectivity index (χ1v) is 10.5. The van der Waals surface area contributed by atoms with Gasteiger partial charge in [0, 0.05) is 0 Å². The van der Waals surface area contributed by atoms with Gasteiger partial charge in [0.25, 0.3) is 0 Å². The van der Waals surface area contributed by atoms with Crippen LogP contribution in [0.5, 0.6) is 5.75 Å². The highest BCUT2D eigenvalue weighted by atomic mass is 32.2. The largest absolute Gasteiger partial charge is 0.491 e. The minimum absolute atomic E-state index is 0.268. The molecule has 1 amide bonds. The summed E-state index contributed by atoms with van der Waals surface area (Å²) in [5.74, 6) is 0.376. The minimum atomic E-state index is -3.59. The van der Waals surface area contributed by atoms with Gasteiger partial charge < -0.3 is 10.1 Å². The van der Waals surface area contributed by atoms with Gasteiger partial charge in [0.05, 0.1) is 18.0 Å². The van der Waals surface area contributed by atoms with Crippen LogP contribution in [0, 0.1) is 13.8 Å². The number of rotatable bonds is 8. The summed E-state index contributed by atoms with van der Waals surface area (Å²) in [5.41, 5.74) is 2.30. The fraction of sp³-hybridized carbons (Fsp3) is 0.350. The van der Waals surface area contributed by atoms with Crippen molar-refractivity contribution in [1.29, 1.82) is 0 Å². The molecule has 0 spiro atoms. The zero-order valence-corrected chi connectivity index (χ0v) is 16.9. The van der Waals surface area contributed by atoms with Crippen LogP contribution >= 0.6 is 0 Å². The van der Waals surface area contributed by atoms with Gasteiger partial charge in [0.2, 0.25) is 15.9 Å². The summed E-state index contributed by atoms with van der Waals surface area (Å²) < 4.78 is 31.2. The van der Waals surface area contributed by atoms with Crippen LogP contribution in [-0.2, 0) is 14.8 Å². The monoisotopic (exact) mass is 390 g/mol. The topological polar surface area (TPSA) is 75.7 Å². The van der Waals surface area contributed by atoms with E-state index in [1.54, 1.807) is 12.1 Å². The van der Waals surface area contributed by atoms with Crippen molar-refractivity contribution in [2.45, 2.75) is 26.8 Å². The van der Waals surface area contributed by atoms with Crippen LogP contribution in [0.4, 0.5) is 5.69 Å². The second kappa shape index (κ2) is 8.90. The van der Waals surface area contributed by atoms with Crippen molar-refractivity contribution in [2.24, 2.45) is 0 Å². The predicted octanol–water partition coefficient (Wildman–Crippen LogP) is 2.65. The Morgan fingerprint density at radius 3 is 2.26 bits per heavy atom. The number of amides is 1. The third-order valence-corrected chi connectivity index (χ3v) is 5.19. The maximum absolute atomic E-state index is 12.4. The highest BCUT2D eigenvalue weighted by Gasteiger charge is 2.22. The zero-order chi connectivity index (χ0) is 20.0. The summed E-state index contributed by atoms with van der Waals surface area (Å²) in [5, 5.41) is 2.79. The predicted molar refractivity (Wildman–Crippen MR) is 108 cm³/mol. The number of nitrogens with zero attached hydrogens (tertiary/aromatic N) is 1. The van der Waals surface area contributed by atoms with Crippen LogP contribution in [0.15, 0.2) is 48.5 Å². The number of aryl methyl sites for hydroxylation is 2. The Hall–Kier alpha value is -2.54. The zero-order valence-electron chi connectivity index (χ0n) is 16.1. The molecule has 2 aromatic rings. The molecule has 0 bridgehead atoms. The Kier molecular flexibility index (Phi) is 6.85. The van der Waals surface area contributed by atoms with Gasteiger partial charge in [-0.3, -0.25) is 9.10 Å². The van der Waals surface area contributed by atoms with E-state index in [4.69, 9.17) is 4.74 Å². The number of anilines is 1. The Bertz CT molecular complexity index is 896. The normalized spacial score (nSPS) is 12.3. The van der Waals surface area contributed by atoms with Crippen molar-refractivity contribution in [3.8, 4) is 5.75 Å². The van der Waals surface area contributed by atoms with Crippen LogP contribution in [-0.4, -0.2) is 39.8 Å². The molecule has 0 fully saturated rings. The Morgan fingerprint density at radius 1 is 1.07 bits per heavy atom. The lowest BCUT2D eigenvalue weighted by atomic mass is 10.2. The molecule has 0 radical (unpaired) electrons. The molecule has 0 aliphatic rings. The Balaban J connectivity index is 1.99. The first kappa shape index (κ1) is 20.8. The lowest BCUT2D eigenvalue weighted by Gasteiger charge is -2.24. The quantitative estimate of drug-likeness (QED) is 0.752. The van der Waals surface area contributed by atoms with Gasteiger partial charge in [-0.15, -0.1) is 0 Å². The molecule has 1 atom stereocenters. The molecule has 0 heterocycles. The van der Waals surface area contributed by atoms with Crippen LogP contribution in [0.1, 0.15) is 18.1 Å². The Morgan fingerprint density at radius 2 is 1.67 bits per heavy atom. The molecule has 0 aliphatic carbocycles. The summed E-state index contributed by atoms with van der Waals surface area (Å²) in [4.78, 5) is 12.4. The standard InChI is InChI=1S/C20H26N2O4S/c1-15-9-5-7-11-18(15)22(27(4,24)25)13-20(23)21-17(3)14-26-19-12-8-6-10-16(19)2/h5-12,17H,13-14H2,1-4H3,(H,21,23)/t17-/m0/s1. The van der Waals surface area contributed by atoms with E-state index in [1.807, 2.05) is 57.2 Å². The third-order valence-electron chi connectivity index (χ3n) is 4.06. The van der Waals surface area contributed by atoms with Crippen molar-refractivity contribution >= 4 is 21.6 Å². The van der Waals surface area contributed by atoms with E-state index in [9.17, 15) is 13.2 Å². The van der Waals surface area contributed by atoms with Crippen LogP contribution in [0.3, 0.4) is 0 Å². The number of nitrogens with one attached hydrogen (secondary N) is 1. The number of hydrogen-bond donors (Lipinski definition) is 1. The fourth-order valence-corrected chi connectivity index (χ4v) is 3.56. The van der Waals surface area contributed by atoms with Crippen LogP contribution in [0.2, 0.25) is 0 Å². The smallest absolute Gasteiger partial charge is 0.241 e. The lowest BCUT2D eigenvalue weighted by Crippen LogP contribution is -2.45. The molecule has 2 aromatic carbocycles. The van der Waals surface area contributed by atoms with Crippen molar-refractivity contribution in [3.05, 3.63) is 59.7 Å². The van der Waals surface area contributed by atoms with Crippen LogP contribution < -0.4 is 14.4 Å². The van der Waals surface area contributed by atoms with Gasteiger partial charge in [0.15, 0.2) is 0 Å². The molecule has 0 aromatic heterocycles. The number of hydrogen-bond acceptors (Lipinski definition) is 4. The third kappa shape index (κ3) is 5.99. The highest BCUT2D eigenvalue weighted by Crippen LogP contribution is 2.21. The average molecular weight is 391 g/mol. The molecule has 0 saturated carbocycles. The number of sulfonamides is 1. The molecule has 6 nitrogen and oxygen atoms in total. The summed E-state index contributed by atoms with van der Waals surface area (Å²) in [6, 6.07) is 14.4. The van der Waals surface area contributed by atoms with Crippen LogP contribution in [0.25, 0.3) is 0 Å². The van der Waals surface area contributed by atoms with E-state index in [0.29, 0.717) is 12.3 Å². The maximum atomic E-state index is 12.4. The van der Waals surface area contributed by atoms with E-state index in [0.717, 1.165) is 27.4 Å². The first-order chi connectivity index (χ1) is 12.7. The van der Waals surface area contributed by atoms with E-state index in [-0.39, 0.29) is 18.5 Å². The second-order valence-electron chi connectivity index (χ2n) is 6.60. The fourth-order valence-electron chi connectivity index (χ4n) is 2.65. The van der Waals surface area contributed by atoms with E-state index in [2.05, 4.69) is 5.32 Å². The van der Waals surface area contributed by atoms with Crippen molar-refractivity contribution in [2.75, 3.05) is 23.7 Å². The summed E-state index contributed by atoms with van der Waals surface area (Å²) >= 11 is 0. The second-order valence-corrected chi connectivity index (χ2v) is 8.51. The number of benzene rings is 2. The molecular formula is C20H26N2O4S. The average Bonchev–Trinajstić information content (AvgIpc) is 2.59. The van der Waals surface area contributed by atoms with Crippen molar-refractivity contribution in [3.63, 3.8) is 0 Å². The van der Waals surface area contributed by atoms with E-state index < -0.39 is 10.0 Å². The lowest BCUT2D eigenvalue weighted by molar-refractivity contribution is -0.120. The summed E-state index contributed by atoms with van der Waals surface area (Å²) in [6.45, 7) is 5.59. The van der Waals surface area contributed by atoms with Gasteiger partial charge in [-0.05, 0) is 44.0 Å². The van der Waals surface area contributed by atoms with E-state index >= 15 is 0 Å². The minimum Gasteiger partial charge on any atom is -0.491 e. The van der Waals surface area contributed by atoms with Gasteiger partial charge >= 0.3 is 0 Å². The van der Waals surface area contributed by atoms with Gasteiger partial charge in [-0.1, -0.05) is 36.4 Å². The molecule has 7 heteroatoms. The highest BCUT2D eigenvalue weighted by molar-refractivity contribution is 7.92. The maximum Gasteiger partial charge on any atom is 0.241 e. The van der Waals surface area contributed by atoms with E-state index in [1.165, 1.54) is 0 Å². The SMILES string of the molecule is Cc1ccccc1OC[C@H](C)NC(=O)CN(c1ccccc1C)S(C)(=O)=O. The van der Waals surface area contributed by atoms with Crippen molar-refractivity contribution in [1.82, 2.24) is 5.32 Å². The molecule has 0 unspecified atom stereocenters.